The van der Waals surface area contributed by atoms with E-state index in [1.54, 1.807) is 6.08 Å². The first-order valence-electron chi connectivity index (χ1n) is 10.1. The maximum atomic E-state index is 15.0. The van der Waals surface area contributed by atoms with Crippen LogP contribution in [-0.4, -0.2) is 17.7 Å². The molecule has 28 heavy (non-hydrogen) atoms. The second-order valence-corrected chi connectivity index (χ2v) is 10.5. The van der Waals surface area contributed by atoms with Crippen LogP contribution >= 0.6 is 7.14 Å². The van der Waals surface area contributed by atoms with Crippen molar-refractivity contribution in [3.05, 3.63) is 73.3 Å². The summed E-state index contributed by atoms with van der Waals surface area (Å²) < 4.78 is 20.6. The van der Waals surface area contributed by atoms with Crippen molar-refractivity contribution in [2.75, 3.05) is 0 Å². The summed E-state index contributed by atoms with van der Waals surface area (Å²) in [5.74, 6) is -0.138. The van der Waals surface area contributed by atoms with Gasteiger partial charge < -0.3 is 9.30 Å². The molecule has 0 radical (unpaired) electrons. The molecule has 0 N–H and O–H groups in total. The summed E-state index contributed by atoms with van der Waals surface area (Å²) in [6, 6.07) is 19.4. The van der Waals surface area contributed by atoms with Crippen molar-refractivity contribution in [1.82, 2.24) is 0 Å². The highest BCUT2D eigenvalue weighted by Gasteiger charge is 2.46. The van der Waals surface area contributed by atoms with Crippen LogP contribution in [0.2, 0.25) is 0 Å². The predicted octanol–water partition coefficient (Wildman–Crippen LogP) is 5.07. The fourth-order valence-electron chi connectivity index (χ4n) is 4.49. The van der Waals surface area contributed by atoms with Gasteiger partial charge in [0.1, 0.15) is 13.2 Å². The summed E-state index contributed by atoms with van der Waals surface area (Å²) in [4.78, 5) is 11.8. The van der Waals surface area contributed by atoms with Gasteiger partial charge in [0.05, 0.1) is 5.66 Å². The van der Waals surface area contributed by atoms with Crippen molar-refractivity contribution in [2.45, 2.75) is 50.8 Å². The van der Waals surface area contributed by atoms with E-state index in [-0.39, 0.29) is 17.5 Å². The highest BCUT2D eigenvalue weighted by atomic mass is 31.2. The van der Waals surface area contributed by atoms with Gasteiger partial charge in [0, 0.05) is 17.5 Å². The zero-order chi connectivity index (χ0) is 20.0. The van der Waals surface area contributed by atoms with Crippen molar-refractivity contribution in [3.63, 3.8) is 0 Å². The number of ether oxygens (including phenoxy) is 1. The monoisotopic (exact) mass is 396 g/mol. The van der Waals surface area contributed by atoms with E-state index in [1.807, 2.05) is 60.7 Å². The van der Waals surface area contributed by atoms with Gasteiger partial charge in [0.25, 0.3) is 0 Å². The lowest BCUT2D eigenvalue weighted by Gasteiger charge is -2.39. The van der Waals surface area contributed by atoms with Gasteiger partial charge in [-0.25, -0.2) is 0 Å². The van der Waals surface area contributed by atoms with E-state index in [0.29, 0.717) is 0 Å². The summed E-state index contributed by atoms with van der Waals surface area (Å²) >= 11 is 0. The van der Waals surface area contributed by atoms with Gasteiger partial charge in [-0.3, -0.25) is 4.79 Å². The van der Waals surface area contributed by atoms with Crippen LogP contribution in [0, 0.1) is 5.92 Å². The van der Waals surface area contributed by atoms with E-state index < -0.39 is 13.2 Å². The van der Waals surface area contributed by atoms with Crippen LogP contribution in [0.1, 0.15) is 39.0 Å². The van der Waals surface area contributed by atoms with Crippen LogP contribution in [0.4, 0.5) is 0 Å². The van der Waals surface area contributed by atoms with E-state index in [2.05, 4.69) is 6.58 Å². The molecule has 2 aromatic rings. The highest BCUT2D eigenvalue weighted by Crippen LogP contribution is 2.55. The quantitative estimate of drug-likeness (QED) is 0.373. The number of esters is 1. The molecule has 1 saturated carbocycles. The summed E-state index contributed by atoms with van der Waals surface area (Å²) in [6.45, 7) is 5.34. The summed E-state index contributed by atoms with van der Waals surface area (Å²) in [7, 11) is -3.08. The largest absolute Gasteiger partial charge is 0.457 e. The fraction of sp³-hybridized carbons (Fsp3) is 0.375. The summed E-state index contributed by atoms with van der Waals surface area (Å²) in [5.41, 5.74) is -0.306. The molecular formula is C24H29O3P. The first kappa shape index (κ1) is 20.6. The standard InChI is InChI=1S/C24H29O3P/c1-3-23(27-19(2)25)24(20-13-7-4-8-14-20)28(26,21-15-9-5-10-16-21)22-17-11-6-12-18-22/h3,5-6,9-12,15-18,20,23-24H,1,4,7-8,13-14H2,2H3/t23-,24+/m0/s1. The first-order chi connectivity index (χ1) is 13.6. The van der Waals surface area contributed by atoms with Crippen molar-refractivity contribution in [1.29, 1.82) is 0 Å². The fourth-order valence-corrected chi connectivity index (χ4v) is 8.19. The van der Waals surface area contributed by atoms with E-state index in [0.717, 1.165) is 36.3 Å². The average molecular weight is 396 g/mol. The summed E-state index contributed by atoms with van der Waals surface area (Å²) in [6.07, 6.45) is 6.53. The highest BCUT2D eigenvalue weighted by molar-refractivity contribution is 7.79. The molecule has 0 amide bonds. The molecule has 1 aliphatic carbocycles. The third-order valence-corrected chi connectivity index (χ3v) is 9.39. The van der Waals surface area contributed by atoms with Gasteiger partial charge in [0.2, 0.25) is 0 Å². The van der Waals surface area contributed by atoms with Crippen LogP contribution in [0.15, 0.2) is 73.3 Å². The third-order valence-electron chi connectivity index (χ3n) is 5.70. The van der Waals surface area contributed by atoms with E-state index in [1.165, 1.54) is 13.3 Å². The van der Waals surface area contributed by atoms with Gasteiger partial charge in [-0.05, 0) is 18.8 Å². The zero-order valence-corrected chi connectivity index (χ0v) is 17.4. The Labute approximate surface area is 168 Å². The molecule has 3 rings (SSSR count). The molecule has 148 valence electrons. The maximum Gasteiger partial charge on any atom is 0.303 e. The van der Waals surface area contributed by atoms with Crippen molar-refractivity contribution in [3.8, 4) is 0 Å². The molecule has 0 saturated heterocycles. The Morgan fingerprint density at radius 2 is 1.50 bits per heavy atom. The molecular weight excluding hydrogens is 367 g/mol. The van der Waals surface area contributed by atoms with E-state index >= 15 is 0 Å². The van der Waals surface area contributed by atoms with E-state index in [4.69, 9.17) is 4.74 Å². The number of carbonyl (C=O) groups is 1. The van der Waals surface area contributed by atoms with Crippen LogP contribution in [-0.2, 0) is 14.1 Å². The zero-order valence-electron chi connectivity index (χ0n) is 16.5. The Morgan fingerprint density at radius 1 is 1.00 bits per heavy atom. The molecule has 0 aliphatic heterocycles. The van der Waals surface area contributed by atoms with Crippen LogP contribution < -0.4 is 10.6 Å². The molecule has 1 fully saturated rings. The van der Waals surface area contributed by atoms with Crippen molar-refractivity contribution < 1.29 is 14.1 Å². The second kappa shape index (κ2) is 9.39. The van der Waals surface area contributed by atoms with Gasteiger partial charge >= 0.3 is 5.97 Å². The smallest absolute Gasteiger partial charge is 0.303 e. The maximum absolute atomic E-state index is 15.0. The molecule has 0 unspecified atom stereocenters. The Bertz CT molecular complexity index is 782. The lowest BCUT2D eigenvalue weighted by atomic mass is 9.85. The Hall–Kier alpha value is -2.12. The first-order valence-corrected chi connectivity index (χ1v) is 11.9. The second-order valence-electron chi connectivity index (χ2n) is 7.53. The number of benzene rings is 2. The van der Waals surface area contributed by atoms with Crippen LogP contribution in [0.3, 0.4) is 0 Å². The van der Waals surface area contributed by atoms with E-state index in [9.17, 15) is 9.36 Å². The van der Waals surface area contributed by atoms with Gasteiger partial charge in [-0.2, -0.15) is 0 Å². The Morgan fingerprint density at radius 3 is 1.93 bits per heavy atom. The molecule has 3 nitrogen and oxygen atoms in total. The minimum absolute atomic E-state index is 0.224. The summed E-state index contributed by atoms with van der Waals surface area (Å²) in [5, 5.41) is 1.63. The molecule has 2 atom stereocenters. The minimum atomic E-state index is -3.08. The van der Waals surface area contributed by atoms with Crippen LogP contribution in [0.25, 0.3) is 0 Å². The Kier molecular flexibility index (Phi) is 6.91. The molecule has 0 spiro atoms. The third kappa shape index (κ3) is 4.31. The SMILES string of the molecule is C=C[C@H](OC(C)=O)[C@@H](C1CCCCC1)P(=O)(c1ccccc1)c1ccccc1. The molecule has 0 bridgehead atoms. The lowest BCUT2D eigenvalue weighted by molar-refractivity contribution is -0.144. The van der Waals surface area contributed by atoms with Crippen LogP contribution in [0.5, 0.6) is 0 Å². The number of hydrogen-bond donors (Lipinski definition) is 0. The molecule has 0 heterocycles. The van der Waals surface area contributed by atoms with Gasteiger partial charge in [0.15, 0.2) is 0 Å². The predicted molar refractivity (Wildman–Crippen MR) is 116 cm³/mol. The molecule has 0 aromatic heterocycles. The van der Waals surface area contributed by atoms with Gasteiger partial charge in [-0.1, -0.05) is 92.6 Å². The van der Waals surface area contributed by atoms with Crippen molar-refractivity contribution in [2.24, 2.45) is 5.92 Å². The molecule has 1 aliphatic rings. The van der Waals surface area contributed by atoms with Crippen molar-refractivity contribution >= 4 is 23.7 Å². The minimum Gasteiger partial charge on any atom is -0.457 e. The lowest BCUT2D eigenvalue weighted by Crippen LogP contribution is -2.41. The number of carbonyl (C=O) groups excluding carboxylic acids is 1. The molecule has 4 heteroatoms. The molecule has 2 aromatic carbocycles. The number of rotatable bonds is 7. The topological polar surface area (TPSA) is 43.4 Å². The Balaban J connectivity index is 2.20. The number of hydrogen-bond acceptors (Lipinski definition) is 3. The van der Waals surface area contributed by atoms with Gasteiger partial charge in [-0.15, -0.1) is 0 Å². The average Bonchev–Trinajstić information content (AvgIpc) is 2.74. The normalized spacial score (nSPS) is 17.5.